The van der Waals surface area contributed by atoms with Crippen LogP contribution in [0, 0.1) is 0 Å². The quantitative estimate of drug-likeness (QED) is 0.247. The number of benzene rings is 1. The molecule has 0 bridgehead atoms. The Labute approximate surface area is 178 Å². The monoisotopic (exact) mass is 418 g/mol. The van der Waals surface area contributed by atoms with Crippen LogP contribution in [0.3, 0.4) is 0 Å². The molecule has 0 unspecified atom stereocenters. The fourth-order valence-electron chi connectivity index (χ4n) is 3.02. The zero-order valence-corrected chi connectivity index (χ0v) is 16.6. The van der Waals surface area contributed by atoms with Crippen LogP contribution in [0.4, 0.5) is 23.1 Å². The van der Waals surface area contributed by atoms with Gasteiger partial charge in [0.1, 0.15) is 6.61 Å². The number of nitrogen functional groups attached to an aromatic ring is 1. The number of fused-ring (bicyclic) bond motifs is 1. The number of pyridine rings is 2. The van der Waals surface area contributed by atoms with Crippen molar-refractivity contribution in [1.29, 1.82) is 0 Å². The van der Waals surface area contributed by atoms with E-state index >= 15 is 0 Å². The first-order valence-corrected chi connectivity index (χ1v) is 9.57. The van der Waals surface area contributed by atoms with Crippen molar-refractivity contribution in [3.05, 3.63) is 66.6 Å². The number of hydrogen-bond donors (Lipinski definition) is 4. The van der Waals surface area contributed by atoms with Crippen LogP contribution in [0.25, 0.3) is 10.9 Å². The van der Waals surface area contributed by atoms with Gasteiger partial charge in [-0.25, -0.2) is 20.8 Å². The molecule has 3 heterocycles. The number of nitrogens with two attached hydrogens (primary N) is 2. The molecular weight excluding hydrogens is 396 g/mol. The van der Waals surface area contributed by atoms with Crippen LogP contribution >= 0.6 is 0 Å². The summed E-state index contributed by atoms with van der Waals surface area (Å²) in [5.41, 5.74) is 8.62. The molecule has 0 aliphatic carbocycles. The summed E-state index contributed by atoms with van der Waals surface area (Å²) in [4.78, 5) is 17.1. The first kappa shape index (κ1) is 20.3. The molecule has 10 nitrogen and oxygen atoms in total. The summed E-state index contributed by atoms with van der Waals surface area (Å²) in [6.07, 6.45) is 4.87. The number of ether oxygens (including phenoxy) is 1. The molecule has 10 heteroatoms. The van der Waals surface area contributed by atoms with Crippen LogP contribution in [0.15, 0.2) is 61.1 Å². The molecule has 6 N–H and O–H groups in total. The standard InChI is InChI=1S/C21H22N8O2/c22-20-21(29(23)13-14-3-4-17-15(10-14)2-1-6-24-17)28-18(12-26-20)27-16-5-7-25-19(11-16)31-9-8-30/h1-7,10-12,30H,8-9,13,23H2,(H2,22,26)(H,25,27,28). The fraction of sp³-hybridized carbons (Fsp3) is 0.143. The zero-order valence-electron chi connectivity index (χ0n) is 16.6. The molecule has 1 aromatic carbocycles. The second kappa shape index (κ2) is 9.20. The Morgan fingerprint density at radius 1 is 1.06 bits per heavy atom. The van der Waals surface area contributed by atoms with Gasteiger partial charge < -0.3 is 20.9 Å². The molecule has 31 heavy (non-hydrogen) atoms. The lowest BCUT2D eigenvalue weighted by molar-refractivity contribution is 0.197. The van der Waals surface area contributed by atoms with Gasteiger partial charge in [0.25, 0.3) is 0 Å². The van der Waals surface area contributed by atoms with Crippen molar-refractivity contribution < 1.29 is 9.84 Å². The molecule has 0 saturated carbocycles. The van der Waals surface area contributed by atoms with Gasteiger partial charge in [-0.2, -0.15) is 0 Å². The summed E-state index contributed by atoms with van der Waals surface area (Å²) in [6.45, 7) is 0.461. The van der Waals surface area contributed by atoms with Crippen LogP contribution in [0.1, 0.15) is 5.56 Å². The number of anilines is 4. The van der Waals surface area contributed by atoms with Crippen LogP contribution in [0.5, 0.6) is 5.88 Å². The Morgan fingerprint density at radius 3 is 2.84 bits per heavy atom. The number of hydrazine groups is 1. The number of hydrogen-bond acceptors (Lipinski definition) is 10. The van der Waals surface area contributed by atoms with E-state index in [1.807, 2.05) is 30.3 Å². The summed E-state index contributed by atoms with van der Waals surface area (Å²) in [6, 6.07) is 13.3. The predicted octanol–water partition coefficient (Wildman–Crippen LogP) is 2.00. The number of aliphatic hydroxyl groups is 1. The Morgan fingerprint density at radius 2 is 1.97 bits per heavy atom. The smallest absolute Gasteiger partial charge is 0.215 e. The SMILES string of the molecule is Nc1ncc(Nc2ccnc(OCCO)c2)nc1N(N)Cc1ccc2ncccc2c1. The van der Waals surface area contributed by atoms with E-state index in [0.717, 1.165) is 16.5 Å². The lowest BCUT2D eigenvalue weighted by atomic mass is 10.1. The highest BCUT2D eigenvalue weighted by atomic mass is 16.5. The van der Waals surface area contributed by atoms with Gasteiger partial charge in [0.05, 0.1) is 24.9 Å². The third-order valence-electron chi connectivity index (χ3n) is 4.42. The molecule has 0 aliphatic rings. The molecule has 3 aromatic heterocycles. The molecule has 0 spiro atoms. The number of nitrogens with zero attached hydrogens (tertiary/aromatic N) is 5. The van der Waals surface area contributed by atoms with Gasteiger partial charge in [-0.3, -0.25) is 9.99 Å². The molecular formula is C21H22N8O2. The van der Waals surface area contributed by atoms with Gasteiger partial charge in [0.2, 0.25) is 5.88 Å². The van der Waals surface area contributed by atoms with E-state index in [9.17, 15) is 0 Å². The Hall–Kier alpha value is -4.02. The van der Waals surface area contributed by atoms with Crippen molar-refractivity contribution in [2.24, 2.45) is 5.84 Å². The molecule has 0 radical (unpaired) electrons. The van der Waals surface area contributed by atoms with E-state index in [1.54, 1.807) is 24.5 Å². The van der Waals surface area contributed by atoms with Gasteiger partial charge in [0, 0.05) is 29.5 Å². The minimum Gasteiger partial charge on any atom is -0.475 e. The normalized spacial score (nSPS) is 10.8. The minimum absolute atomic E-state index is 0.0911. The average Bonchev–Trinajstić information content (AvgIpc) is 2.79. The second-order valence-corrected chi connectivity index (χ2v) is 6.70. The van der Waals surface area contributed by atoms with E-state index in [4.69, 9.17) is 21.4 Å². The van der Waals surface area contributed by atoms with E-state index in [-0.39, 0.29) is 19.0 Å². The Bertz CT molecular complexity index is 1190. The minimum atomic E-state index is -0.0911. The number of nitrogens with one attached hydrogen (secondary N) is 1. The third-order valence-corrected chi connectivity index (χ3v) is 4.42. The lowest BCUT2D eigenvalue weighted by Gasteiger charge is -2.20. The maximum atomic E-state index is 8.88. The lowest BCUT2D eigenvalue weighted by Crippen LogP contribution is -2.32. The van der Waals surface area contributed by atoms with Gasteiger partial charge in [-0.05, 0) is 29.8 Å². The van der Waals surface area contributed by atoms with Crippen molar-refractivity contribution in [3.8, 4) is 5.88 Å². The molecule has 0 amide bonds. The number of aliphatic hydroxyl groups excluding tert-OH is 1. The first-order valence-electron chi connectivity index (χ1n) is 9.57. The van der Waals surface area contributed by atoms with Crippen LogP contribution in [0.2, 0.25) is 0 Å². The van der Waals surface area contributed by atoms with Crippen molar-refractivity contribution in [1.82, 2.24) is 19.9 Å². The van der Waals surface area contributed by atoms with Crippen molar-refractivity contribution in [2.75, 3.05) is 29.3 Å². The maximum absolute atomic E-state index is 8.88. The molecule has 0 fully saturated rings. The number of rotatable bonds is 8. The number of aromatic nitrogens is 4. The van der Waals surface area contributed by atoms with Crippen LogP contribution < -0.4 is 26.6 Å². The molecule has 158 valence electrons. The summed E-state index contributed by atoms with van der Waals surface area (Å²) >= 11 is 0. The molecule has 4 aromatic rings. The highest BCUT2D eigenvalue weighted by Crippen LogP contribution is 2.24. The van der Waals surface area contributed by atoms with Crippen LogP contribution in [-0.2, 0) is 6.54 Å². The predicted molar refractivity (Wildman–Crippen MR) is 119 cm³/mol. The molecule has 0 atom stereocenters. The molecule has 4 rings (SSSR count). The van der Waals surface area contributed by atoms with Gasteiger partial charge >= 0.3 is 0 Å². The first-order chi connectivity index (χ1) is 15.1. The topological polar surface area (TPSA) is 148 Å². The van der Waals surface area contributed by atoms with Crippen molar-refractivity contribution in [2.45, 2.75) is 6.54 Å². The molecule has 0 aliphatic heterocycles. The summed E-state index contributed by atoms with van der Waals surface area (Å²) in [7, 11) is 0. The highest BCUT2D eigenvalue weighted by molar-refractivity contribution is 5.79. The van der Waals surface area contributed by atoms with E-state index < -0.39 is 0 Å². The van der Waals surface area contributed by atoms with Gasteiger partial charge in [-0.15, -0.1) is 0 Å². The van der Waals surface area contributed by atoms with Crippen molar-refractivity contribution >= 4 is 34.0 Å². The Balaban J connectivity index is 1.51. The van der Waals surface area contributed by atoms with E-state index in [0.29, 0.717) is 29.7 Å². The van der Waals surface area contributed by atoms with Crippen molar-refractivity contribution in [3.63, 3.8) is 0 Å². The maximum Gasteiger partial charge on any atom is 0.215 e. The fourth-order valence-corrected chi connectivity index (χ4v) is 3.02. The van der Waals surface area contributed by atoms with Gasteiger partial charge in [-0.1, -0.05) is 12.1 Å². The summed E-state index contributed by atoms with van der Waals surface area (Å²) < 4.78 is 5.32. The summed E-state index contributed by atoms with van der Waals surface area (Å²) in [5, 5.41) is 14.5. The molecule has 0 saturated heterocycles. The largest absolute Gasteiger partial charge is 0.475 e. The van der Waals surface area contributed by atoms with E-state index in [1.165, 1.54) is 11.2 Å². The summed E-state index contributed by atoms with van der Waals surface area (Å²) in [5.74, 6) is 7.68. The second-order valence-electron chi connectivity index (χ2n) is 6.70. The van der Waals surface area contributed by atoms with E-state index in [2.05, 4.69) is 25.3 Å². The highest BCUT2D eigenvalue weighted by Gasteiger charge is 2.12. The Kier molecular flexibility index (Phi) is 6.01. The van der Waals surface area contributed by atoms with Crippen LogP contribution in [-0.4, -0.2) is 38.3 Å². The van der Waals surface area contributed by atoms with Gasteiger partial charge in [0.15, 0.2) is 17.5 Å². The average molecular weight is 418 g/mol. The third kappa shape index (κ3) is 4.94. The zero-order chi connectivity index (χ0) is 21.6.